The van der Waals surface area contributed by atoms with Gasteiger partial charge in [-0.1, -0.05) is 36.4 Å². The highest BCUT2D eigenvalue weighted by Gasteiger charge is 2.43. The number of aromatic nitrogens is 1. The van der Waals surface area contributed by atoms with Crippen molar-refractivity contribution in [3.8, 4) is 11.1 Å². The van der Waals surface area contributed by atoms with E-state index in [1.54, 1.807) is 47.0 Å². The van der Waals surface area contributed by atoms with E-state index in [4.69, 9.17) is 4.74 Å². The molecule has 1 aliphatic rings. The lowest BCUT2D eigenvalue weighted by atomic mass is 9.84. The van der Waals surface area contributed by atoms with Crippen LogP contribution in [0.4, 0.5) is 9.18 Å². The van der Waals surface area contributed by atoms with Crippen LogP contribution in [-0.2, 0) is 17.4 Å². The first-order valence-corrected chi connectivity index (χ1v) is 11.5. The minimum atomic E-state index is -0.878. The molecule has 178 valence electrons. The molecule has 34 heavy (non-hydrogen) atoms. The van der Waals surface area contributed by atoms with Crippen molar-refractivity contribution in [1.82, 2.24) is 9.47 Å². The van der Waals surface area contributed by atoms with E-state index in [9.17, 15) is 19.1 Å². The number of benzene rings is 2. The standard InChI is InChI=1S/C27H29FN2O4/c1-19(20-4-6-21(7-5-20)22-8-13-25(32)29(2)18-22)30-16-15-27(14-3-17-31,34-26(30)33)23-9-11-24(28)12-10-23/h4-13,18-19,31H,3,14-17H2,1-2H3/t19-,27?/m0/s1. The molecule has 2 aromatic carbocycles. The van der Waals surface area contributed by atoms with Crippen LogP contribution in [0.15, 0.2) is 71.7 Å². The molecule has 0 spiro atoms. The van der Waals surface area contributed by atoms with E-state index < -0.39 is 11.7 Å². The topological polar surface area (TPSA) is 71.8 Å². The van der Waals surface area contributed by atoms with Gasteiger partial charge in [0.25, 0.3) is 0 Å². The first-order chi connectivity index (χ1) is 16.3. The van der Waals surface area contributed by atoms with Crippen molar-refractivity contribution in [2.24, 2.45) is 7.05 Å². The molecule has 2 atom stereocenters. The Morgan fingerprint density at radius 1 is 1.03 bits per heavy atom. The van der Waals surface area contributed by atoms with Crippen LogP contribution >= 0.6 is 0 Å². The van der Waals surface area contributed by atoms with Crippen molar-refractivity contribution < 1.29 is 19.0 Å². The summed E-state index contributed by atoms with van der Waals surface area (Å²) in [6.07, 6.45) is 2.86. The number of pyridine rings is 1. The van der Waals surface area contributed by atoms with Crippen molar-refractivity contribution >= 4 is 6.09 Å². The Kier molecular flexibility index (Phi) is 6.84. The molecule has 1 aromatic heterocycles. The van der Waals surface area contributed by atoms with E-state index in [0.29, 0.717) is 25.8 Å². The smallest absolute Gasteiger partial charge is 0.411 e. The van der Waals surface area contributed by atoms with Gasteiger partial charge in [-0.05, 0) is 60.2 Å². The van der Waals surface area contributed by atoms with Gasteiger partial charge < -0.3 is 19.3 Å². The highest BCUT2D eigenvalue weighted by molar-refractivity contribution is 5.70. The summed E-state index contributed by atoms with van der Waals surface area (Å²) in [5, 5.41) is 9.36. The SMILES string of the molecule is C[C@@H](c1ccc(-c2ccc(=O)n(C)c2)cc1)N1CCC(CCCO)(c2ccc(F)cc2)OC1=O. The summed E-state index contributed by atoms with van der Waals surface area (Å²) in [4.78, 5) is 26.5. The van der Waals surface area contributed by atoms with E-state index in [1.807, 2.05) is 31.2 Å². The van der Waals surface area contributed by atoms with Gasteiger partial charge >= 0.3 is 6.09 Å². The molecule has 2 heterocycles. The fourth-order valence-corrected chi connectivity index (χ4v) is 4.56. The third-order valence-electron chi connectivity index (χ3n) is 6.66. The molecule has 1 saturated heterocycles. The zero-order chi connectivity index (χ0) is 24.3. The molecule has 0 saturated carbocycles. The highest BCUT2D eigenvalue weighted by Crippen LogP contribution is 2.40. The maximum atomic E-state index is 13.5. The zero-order valence-electron chi connectivity index (χ0n) is 19.4. The molecule has 0 radical (unpaired) electrons. The van der Waals surface area contributed by atoms with Gasteiger partial charge in [-0.3, -0.25) is 4.79 Å². The first-order valence-electron chi connectivity index (χ1n) is 11.5. The fourth-order valence-electron chi connectivity index (χ4n) is 4.56. The normalized spacial score (nSPS) is 19.1. The van der Waals surface area contributed by atoms with E-state index in [2.05, 4.69) is 0 Å². The molecule has 1 N–H and O–H groups in total. The summed E-state index contributed by atoms with van der Waals surface area (Å²) < 4.78 is 21.0. The van der Waals surface area contributed by atoms with Gasteiger partial charge in [0.2, 0.25) is 5.56 Å². The van der Waals surface area contributed by atoms with Crippen molar-refractivity contribution in [3.63, 3.8) is 0 Å². The largest absolute Gasteiger partial charge is 0.438 e. The molecule has 3 aromatic rings. The van der Waals surface area contributed by atoms with Gasteiger partial charge in [0.1, 0.15) is 11.4 Å². The number of aliphatic hydroxyl groups excluding tert-OH is 1. The van der Waals surface area contributed by atoms with Crippen LogP contribution in [0.3, 0.4) is 0 Å². The van der Waals surface area contributed by atoms with E-state index >= 15 is 0 Å². The second kappa shape index (κ2) is 9.81. The molecule has 1 amide bonds. The quantitative estimate of drug-likeness (QED) is 0.547. The molecular weight excluding hydrogens is 435 g/mol. The minimum Gasteiger partial charge on any atom is -0.438 e. The molecule has 1 aliphatic heterocycles. The maximum absolute atomic E-state index is 13.5. The van der Waals surface area contributed by atoms with Gasteiger partial charge in [-0.25, -0.2) is 9.18 Å². The fraction of sp³-hybridized carbons (Fsp3) is 0.333. The van der Waals surface area contributed by atoms with Crippen LogP contribution < -0.4 is 5.56 Å². The van der Waals surface area contributed by atoms with Crippen LogP contribution in [0, 0.1) is 5.82 Å². The van der Waals surface area contributed by atoms with Crippen LogP contribution in [0.5, 0.6) is 0 Å². The molecule has 6 nitrogen and oxygen atoms in total. The summed E-state index contributed by atoms with van der Waals surface area (Å²) in [6, 6.07) is 17.1. The third-order valence-corrected chi connectivity index (χ3v) is 6.66. The monoisotopic (exact) mass is 464 g/mol. The number of amides is 1. The molecule has 1 fully saturated rings. The number of nitrogens with zero attached hydrogens (tertiary/aromatic N) is 2. The van der Waals surface area contributed by atoms with Gasteiger partial charge in [-0.15, -0.1) is 0 Å². The zero-order valence-corrected chi connectivity index (χ0v) is 19.4. The maximum Gasteiger partial charge on any atom is 0.411 e. The van der Waals surface area contributed by atoms with Crippen molar-refractivity contribution in [2.75, 3.05) is 13.2 Å². The number of aryl methyl sites for hydroxylation is 1. The second-order valence-corrected chi connectivity index (χ2v) is 8.80. The number of carbonyl (C=O) groups excluding carboxylic acids is 1. The molecule has 0 bridgehead atoms. The van der Waals surface area contributed by atoms with E-state index in [0.717, 1.165) is 22.3 Å². The summed E-state index contributed by atoms with van der Waals surface area (Å²) in [7, 11) is 1.72. The predicted octanol–water partition coefficient (Wildman–Crippen LogP) is 4.76. The second-order valence-electron chi connectivity index (χ2n) is 8.80. The number of aliphatic hydroxyl groups is 1. The van der Waals surface area contributed by atoms with Crippen LogP contribution in [0.2, 0.25) is 0 Å². The van der Waals surface area contributed by atoms with E-state index in [-0.39, 0.29) is 24.0 Å². The van der Waals surface area contributed by atoms with Crippen molar-refractivity contribution in [1.29, 1.82) is 0 Å². The molecule has 4 rings (SSSR count). The summed E-state index contributed by atoms with van der Waals surface area (Å²) in [6.45, 7) is 2.43. The molecule has 7 heteroatoms. The number of hydrogen-bond donors (Lipinski definition) is 1. The van der Waals surface area contributed by atoms with Gasteiger partial charge in [0.15, 0.2) is 0 Å². The summed E-state index contributed by atoms with van der Waals surface area (Å²) in [5.74, 6) is -0.348. The lowest BCUT2D eigenvalue weighted by Gasteiger charge is -2.43. The average molecular weight is 465 g/mol. The Bertz CT molecular complexity index is 1210. The highest BCUT2D eigenvalue weighted by atomic mass is 19.1. The van der Waals surface area contributed by atoms with Crippen molar-refractivity contribution in [3.05, 3.63) is 94.2 Å². The van der Waals surface area contributed by atoms with E-state index in [1.165, 1.54) is 12.1 Å². The average Bonchev–Trinajstić information content (AvgIpc) is 2.84. The summed E-state index contributed by atoms with van der Waals surface area (Å²) in [5.41, 5.74) is 2.68. The Morgan fingerprint density at radius 3 is 2.32 bits per heavy atom. The Balaban J connectivity index is 1.52. The number of ether oxygens (including phenoxy) is 1. The van der Waals surface area contributed by atoms with Crippen LogP contribution in [0.25, 0.3) is 11.1 Å². The Hall–Kier alpha value is -3.45. The van der Waals surface area contributed by atoms with Crippen LogP contribution in [0.1, 0.15) is 43.4 Å². The van der Waals surface area contributed by atoms with Gasteiger partial charge in [0.05, 0.1) is 6.04 Å². The third kappa shape index (κ3) is 4.75. The first kappa shape index (κ1) is 23.7. The molecular formula is C27H29FN2O4. The lowest BCUT2D eigenvalue weighted by Crippen LogP contribution is -2.48. The summed E-state index contributed by atoms with van der Waals surface area (Å²) >= 11 is 0. The predicted molar refractivity (Wildman–Crippen MR) is 128 cm³/mol. The van der Waals surface area contributed by atoms with Crippen LogP contribution in [-0.4, -0.2) is 33.8 Å². The molecule has 0 aliphatic carbocycles. The minimum absolute atomic E-state index is 0.0114. The number of hydrogen-bond acceptors (Lipinski definition) is 4. The Labute approximate surface area is 198 Å². The number of carbonyl (C=O) groups is 1. The molecule has 1 unspecified atom stereocenters. The lowest BCUT2D eigenvalue weighted by molar-refractivity contribution is -0.0680. The Morgan fingerprint density at radius 2 is 1.71 bits per heavy atom. The number of rotatable bonds is 7. The number of halogens is 1. The van der Waals surface area contributed by atoms with Gasteiger partial charge in [0, 0.05) is 38.9 Å². The number of cyclic esters (lactones) is 1. The van der Waals surface area contributed by atoms with Crippen molar-refractivity contribution in [2.45, 2.75) is 37.8 Å². The van der Waals surface area contributed by atoms with Gasteiger partial charge in [-0.2, -0.15) is 0 Å².